The van der Waals surface area contributed by atoms with Crippen LogP contribution in [0.15, 0.2) is 53.5 Å². The minimum atomic E-state index is -0.651. The van der Waals surface area contributed by atoms with Gasteiger partial charge in [0, 0.05) is 34.2 Å². The normalized spacial score (nSPS) is 26.2. The van der Waals surface area contributed by atoms with Crippen LogP contribution in [-0.2, 0) is 9.47 Å². The fourth-order valence-electron chi connectivity index (χ4n) is 5.07. The molecule has 6 rings (SSSR count). The summed E-state index contributed by atoms with van der Waals surface area (Å²) in [7, 11) is 0. The second-order valence-electron chi connectivity index (χ2n) is 9.07. The third-order valence-corrected chi connectivity index (χ3v) is 7.19. The second kappa shape index (κ2) is 7.91. The highest BCUT2D eigenvalue weighted by Gasteiger charge is 2.55. The van der Waals surface area contributed by atoms with E-state index in [1.807, 2.05) is 50.4 Å². The van der Waals surface area contributed by atoms with E-state index in [4.69, 9.17) is 25.8 Å². The molecule has 1 aromatic carbocycles. The molecule has 1 saturated heterocycles. The number of pyridine rings is 1. The molecule has 0 bridgehead atoms. The second-order valence-corrected chi connectivity index (χ2v) is 10.3. The van der Waals surface area contributed by atoms with Gasteiger partial charge in [-0.1, -0.05) is 11.6 Å². The van der Waals surface area contributed by atoms with Crippen LogP contribution in [0, 0.1) is 5.92 Å². The zero-order chi connectivity index (χ0) is 22.7. The van der Waals surface area contributed by atoms with Gasteiger partial charge in [-0.15, -0.1) is 0 Å². The maximum absolute atomic E-state index is 6.35. The first kappa shape index (κ1) is 21.3. The van der Waals surface area contributed by atoms with Gasteiger partial charge in [0.15, 0.2) is 5.79 Å². The van der Waals surface area contributed by atoms with Crippen LogP contribution in [0.1, 0.15) is 26.3 Å². The van der Waals surface area contributed by atoms with Gasteiger partial charge in [0.2, 0.25) is 0 Å². The van der Waals surface area contributed by atoms with Gasteiger partial charge < -0.3 is 18.8 Å². The molecule has 2 fully saturated rings. The molecule has 1 saturated carbocycles. The highest BCUT2D eigenvalue weighted by Crippen LogP contribution is 2.48. The Balaban J connectivity index is 1.27. The quantitative estimate of drug-likeness (QED) is 0.323. The average Bonchev–Trinajstić information content (AvgIpc) is 3.44. The molecule has 4 aromatic rings. The summed E-state index contributed by atoms with van der Waals surface area (Å²) < 4.78 is 22.0. The monoisotopic (exact) mass is 528 g/mol. The van der Waals surface area contributed by atoms with Crippen LogP contribution in [0.25, 0.3) is 21.9 Å². The fraction of sp³-hybridized carbons (Fsp3) is 0.375. The Bertz CT molecular complexity index is 1360. The number of hydrogen-bond donors (Lipinski definition) is 0. The van der Waals surface area contributed by atoms with Crippen LogP contribution in [0.3, 0.4) is 0 Å². The predicted molar refractivity (Wildman–Crippen MR) is 128 cm³/mol. The number of hydrogen-bond acceptors (Lipinski definition) is 6. The molecule has 4 heterocycles. The van der Waals surface area contributed by atoms with E-state index in [0.717, 1.165) is 38.6 Å². The van der Waals surface area contributed by atoms with E-state index in [9.17, 15) is 0 Å². The van der Waals surface area contributed by atoms with Gasteiger partial charge in [-0.2, -0.15) is 0 Å². The zero-order valence-corrected chi connectivity index (χ0v) is 20.5. The molecular weight excluding hydrogens is 508 g/mol. The molecule has 0 spiro atoms. The molecule has 4 atom stereocenters. The van der Waals surface area contributed by atoms with Crippen molar-refractivity contribution in [3.63, 3.8) is 0 Å². The van der Waals surface area contributed by atoms with Crippen LogP contribution in [0.2, 0.25) is 5.15 Å². The number of nitrogens with zero attached hydrogens (tertiary/aromatic N) is 4. The molecule has 9 heteroatoms. The van der Waals surface area contributed by atoms with E-state index in [0.29, 0.717) is 11.8 Å². The smallest absolute Gasteiger partial charge is 0.163 e. The van der Waals surface area contributed by atoms with Crippen LogP contribution < -0.4 is 4.74 Å². The Morgan fingerprint density at radius 3 is 2.88 bits per heavy atom. The summed E-state index contributed by atoms with van der Waals surface area (Å²) in [5.74, 6) is 0.300. The predicted octanol–water partition coefficient (Wildman–Crippen LogP) is 5.56. The molecule has 0 amide bonds. The first-order valence-corrected chi connectivity index (χ1v) is 12.1. The van der Waals surface area contributed by atoms with Crippen molar-refractivity contribution in [1.82, 2.24) is 19.5 Å². The van der Waals surface area contributed by atoms with Gasteiger partial charge in [-0.3, -0.25) is 4.98 Å². The van der Waals surface area contributed by atoms with Gasteiger partial charge in [0.05, 0.1) is 29.7 Å². The number of benzene rings is 1. The number of aromatic nitrogens is 4. The SMILES string of the molecule is CC1(C)O[C@@H]2C(COc3ccc4cc(Br)cnc4c3)CC(n3ccc4c(Cl)ncnc43)[C@@H]2O1. The topological polar surface area (TPSA) is 71.3 Å². The summed E-state index contributed by atoms with van der Waals surface area (Å²) in [5, 5.41) is 2.35. The lowest BCUT2D eigenvalue weighted by atomic mass is 10.1. The summed E-state index contributed by atoms with van der Waals surface area (Å²) in [6, 6.07) is 10.0. The van der Waals surface area contributed by atoms with E-state index in [1.165, 1.54) is 6.33 Å². The zero-order valence-electron chi connectivity index (χ0n) is 18.1. The maximum atomic E-state index is 6.35. The number of halogens is 2. The third-order valence-electron chi connectivity index (χ3n) is 6.46. The van der Waals surface area contributed by atoms with Crippen molar-refractivity contribution < 1.29 is 14.2 Å². The molecule has 170 valence electrons. The highest BCUT2D eigenvalue weighted by atomic mass is 79.9. The van der Waals surface area contributed by atoms with Crippen molar-refractivity contribution in [1.29, 1.82) is 0 Å². The maximum Gasteiger partial charge on any atom is 0.163 e. The lowest BCUT2D eigenvalue weighted by Gasteiger charge is -2.24. The van der Waals surface area contributed by atoms with E-state index in [2.05, 4.69) is 35.4 Å². The summed E-state index contributed by atoms with van der Waals surface area (Å²) in [6.07, 6.45) is 5.97. The molecule has 33 heavy (non-hydrogen) atoms. The van der Waals surface area contributed by atoms with Crippen LogP contribution in [0.4, 0.5) is 0 Å². The number of fused-ring (bicyclic) bond motifs is 3. The first-order valence-electron chi connectivity index (χ1n) is 10.9. The van der Waals surface area contributed by atoms with Crippen LogP contribution >= 0.6 is 27.5 Å². The Hall–Kier alpha value is -2.26. The largest absolute Gasteiger partial charge is 0.493 e. The highest BCUT2D eigenvalue weighted by molar-refractivity contribution is 9.10. The van der Waals surface area contributed by atoms with Crippen molar-refractivity contribution in [2.24, 2.45) is 5.92 Å². The van der Waals surface area contributed by atoms with Crippen molar-refractivity contribution in [3.8, 4) is 5.75 Å². The van der Waals surface area contributed by atoms with Crippen molar-refractivity contribution in [3.05, 3.63) is 58.7 Å². The van der Waals surface area contributed by atoms with Gasteiger partial charge in [0.25, 0.3) is 0 Å². The summed E-state index contributed by atoms with van der Waals surface area (Å²) in [5.41, 5.74) is 1.70. The van der Waals surface area contributed by atoms with Gasteiger partial charge in [-0.25, -0.2) is 9.97 Å². The molecule has 2 unspecified atom stereocenters. The summed E-state index contributed by atoms with van der Waals surface area (Å²) in [6.45, 7) is 4.44. The number of ether oxygens (including phenoxy) is 3. The third kappa shape index (κ3) is 3.79. The van der Waals surface area contributed by atoms with Crippen LogP contribution in [0.5, 0.6) is 5.75 Å². The molecule has 0 radical (unpaired) electrons. The standard InChI is InChI=1S/C24H22BrClN4O3/c1-24(2)32-20-14(11-31-16-4-3-13-7-15(25)10-27-18(13)9-16)8-19(21(20)33-24)30-6-5-17-22(26)28-12-29-23(17)30/h3-7,9-10,12,14,19-21H,8,11H2,1-2H3/t14?,19?,20-,21+/m1/s1. The van der Waals surface area contributed by atoms with Gasteiger partial charge in [0.1, 0.15) is 29.0 Å². The molecule has 0 N–H and O–H groups in total. The molecule has 1 aliphatic heterocycles. The lowest BCUT2D eigenvalue weighted by molar-refractivity contribution is -0.161. The van der Waals surface area contributed by atoms with E-state index in [1.54, 1.807) is 6.20 Å². The Kier molecular flexibility index (Phi) is 5.10. The summed E-state index contributed by atoms with van der Waals surface area (Å²) in [4.78, 5) is 13.1. The molecule has 1 aliphatic carbocycles. The Labute approximate surface area is 204 Å². The fourth-order valence-corrected chi connectivity index (χ4v) is 5.61. The Morgan fingerprint density at radius 1 is 1.15 bits per heavy atom. The van der Waals surface area contributed by atoms with E-state index >= 15 is 0 Å². The summed E-state index contributed by atoms with van der Waals surface area (Å²) >= 11 is 9.75. The molecule has 2 aliphatic rings. The average molecular weight is 530 g/mol. The minimum absolute atomic E-state index is 0.0597. The minimum Gasteiger partial charge on any atom is -0.493 e. The molecule has 7 nitrogen and oxygen atoms in total. The lowest BCUT2D eigenvalue weighted by Crippen LogP contribution is -2.29. The van der Waals surface area contributed by atoms with Crippen molar-refractivity contribution >= 4 is 49.5 Å². The van der Waals surface area contributed by atoms with Crippen molar-refractivity contribution in [2.75, 3.05) is 6.61 Å². The van der Waals surface area contributed by atoms with Crippen LogP contribution in [-0.4, -0.2) is 44.1 Å². The van der Waals surface area contributed by atoms with Crippen molar-refractivity contribution in [2.45, 2.75) is 44.3 Å². The van der Waals surface area contributed by atoms with E-state index < -0.39 is 5.79 Å². The van der Waals surface area contributed by atoms with Gasteiger partial charge in [-0.05, 0) is 60.5 Å². The van der Waals surface area contributed by atoms with Gasteiger partial charge >= 0.3 is 0 Å². The van der Waals surface area contributed by atoms with E-state index in [-0.39, 0.29) is 24.2 Å². The molecule has 3 aromatic heterocycles. The Morgan fingerprint density at radius 2 is 2.00 bits per heavy atom. The number of rotatable bonds is 4. The molecular formula is C24H22BrClN4O3. The first-order chi connectivity index (χ1) is 15.9.